The van der Waals surface area contributed by atoms with Crippen molar-refractivity contribution in [2.75, 3.05) is 11.1 Å². The molecule has 1 rings (SSSR count). The molecular formula is C38H55NO5S. The zero-order valence-electron chi connectivity index (χ0n) is 27.8. The Bertz CT molecular complexity index is 1160. The minimum atomic E-state index is -1.28. The molecule has 2 atom stereocenters. The molecule has 7 heteroatoms. The summed E-state index contributed by atoms with van der Waals surface area (Å²) in [7, 11) is 0. The molecule has 1 aromatic rings. The Labute approximate surface area is 275 Å². The molecule has 0 bridgehead atoms. The van der Waals surface area contributed by atoms with E-state index >= 15 is 0 Å². The first kappa shape index (κ1) is 39.7. The summed E-state index contributed by atoms with van der Waals surface area (Å²) < 4.78 is 0. The van der Waals surface area contributed by atoms with Crippen molar-refractivity contribution < 1.29 is 24.6 Å². The maximum absolute atomic E-state index is 13.2. The Hall–Kier alpha value is -3.32. The highest BCUT2D eigenvalue weighted by atomic mass is 32.2. The number of Topliss-reactive ketones (excluding diaryl/α,β-unsaturated/α-hetero) is 1. The molecule has 0 spiro atoms. The molecule has 0 aromatic heterocycles. The second kappa shape index (κ2) is 24.9. The molecule has 0 saturated heterocycles. The van der Waals surface area contributed by atoms with Crippen LogP contribution in [0, 0.1) is 11.8 Å². The smallest absolute Gasteiger partial charge is 0.339 e. The van der Waals surface area contributed by atoms with Gasteiger partial charge in [0, 0.05) is 18.0 Å². The summed E-state index contributed by atoms with van der Waals surface area (Å²) in [6.07, 6.45) is 31.6. The number of phenols is 1. The lowest BCUT2D eigenvalue weighted by molar-refractivity contribution is -0.126. The van der Waals surface area contributed by atoms with E-state index in [2.05, 4.69) is 73.0 Å². The summed E-state index contributed by atoms with van der Waals surface area (Å²) in [6, 6.07) is 3.93. The average molecular weight is 638 g/mol. The monoisotopic (exact) mass is 637 g/mol. The van der Waals surface area contributed by atoms with Gasteiger partial charge in [-0.25, -0.2) is 4.79 Å². The molecule has 0 aliphatic rings. The first-order valence-electron chi connectivity index (χ1n) is 16.5. The van der Waals surface area contributed by atoms with E-state index in [9.17, 15) is 24.6 Å². The molecule has 0 saturated carbocycles. The quantitative estimate of drug-likeness (QED) is 0.0592. The van der Waals surface area contributed by atoms with Crippen molar-refractivity contribution >= 4 is 35.1 Å². The van der Waals surface area contributed by atoms with Crippen molar-refractivity contribution in [1.82, 2.24) is 0 Å². The summed E-state index contributed by atoms with van der Waals surface area (Å²) in [5.74, 6) is -1.26. The number of aromatic carboxylic acids is 1. The molecule has 6 nitrogen and oxygen atoms in total. The minimum absolute atomic E-state index is 0.0815. The van der Waals surface area contributed by atoms with Gasteiger partial charge in [-0.15, -0.1) is 0 Å². The van der Waals surface area contributed by atoms with Gasteiger partial charge in [0.25, 0.3) is 0 Å². The molecule has 0 heterocycles. The number of unbranched alkanes of at least 4 members (excludes halogenated alkanes) is 2. The van der Waals surface area contributed by atoms with Crippen LogP contribution in [-0.2, 0) is 9.59 Å². The van der Waals surface area contributed by atoms with Crippen LogP contribution in [0.4, 0.5) is 5.69 Å². The minimum Gasteiger partial charge on any atom is -0.507 e. The number of nitrogens with one attached hydrogen (secondary N) is 1. The number of amides is 1. The van der Waals surface area contributed by atoms with E-state index in [0.29, 0.717) is 12.8 Å². The number of aromatic hydroxyl groups is 1. The van der Waals surface area contributed by atoms with E-state index < -0.39 is 11.9 Å². The van der Waals surface area contributed by atoms with Gasteiger partial charge in [0.1, 0.15) is 17.1 Å². The zero-order valence-corrected chi connectivity index (χ0v) is 28.6. The topological polar surface area (TPSA) is 104 Å². The predicted octanol–water partition coefficient (Wildman–Crippen LogP) is 10.1. The third kappa shape index (κ3) is 18.9. The van der Waals surface area contributed by atoms with Crippen molar-refractivity contribution in [3.63, 3.8) is 0 Å². The van der Waals surface area contributed by atoms with Crippen LogP contribution < -0.4 is 5.32 Å². The fourth-order valence-electron chi connectivity index (χ4n) is 4.65. The Morgan fingerprint density at radius 1 is 0.844 bits per heavy atom. The van der Waals surface area contributed by atoms with Crippen LogP contribution in [-0.4, -0.2) is 38.9 Å². The molecule has 1 unspecified atom stereocenters. The van der Waals surface area contributed by atoms with Gasteiger partial charge >= 0.3 is 5.97 Å². The van der Waals surface area contributed by atoms with Crippen LogP contribution in [0.2, 0.25) is 0 Å². The highest BCUT2D eigenvalue weighted by molar-refractivity contribution is 8.00. The maximum atomic E-state index is 13.2. The second-order valence-electron chi connectivity index (χ2n) is 11.5. The van der Waals surface area contributed by atoms with Gasteiger partial charge in [-0.2, -0.15) is 11.8 Å². The third-order valence-corrected chi connectivity index (χ3v) is 8.56. The van der Waals surface area contributed by atoms with Crippen molar-refractivity contribution in [2.45, 2.75) is 104 Å². The molecule has 0 radical (unpaired) electrons. The normalized spacial score (nSPS) is 13.6. The molecule has 1 aromatic carbocycles. The summed E-state index contributed by atoms with van der Waals surface area (Å²) in [6.45, 7) is 8.17. The van der Waals surface area contributed by atoms with Gasteiger partial charge in [0.05, 0.1) is 5.25 Å². The number of benzene rings is 1. The van der Waals surface area contributed by atoms with E-state index in [-0.39, 0.29) is 46.3 Å². The number of thioether (sulfide) groups is 1. The summed E-state index contributed by atoms with van der Waals surface area (Å²) in [4.78, 5) is 37.6. The zero-order chi connectivity index (χ0) is 33.3. The van der Waals surface area contributed by atoms with E-state index in [1.54, 1.807) is 11.8 Å². The van der Waals surface area contributed by atoms with E-state index in [1.807, 2.05) is 20.8 Å². The highest BCUT2D eigenvalue weighted by Gasteiger charge is 2.27. The van der Waals surface area contributed by atoms with Crippen molar-refractivity contribution in [3.05, 3.63) is 84.5 Å². The number of ketones is 1. The fraction of sp³-hybridized carbons (Fsp3) is 0.500. The molecule has 0 fully saturated rings. The number of carboxylic acids is 1. The number of anilines is 1. The Kier molecular flexibility index (Phi) is 22.0. The van der Waals surface area contributed by atoms with Crippen molar-refractivity contribution in [1.29, 1.82) is 0 Å². The van der Waals surface area contributed by atoms with Crippen molar-refractivity contribution in [3.8, 4) is 5.75 Å². The van der Waals surface area contributed by atoms with E-state index in [1.165, 1.54) is 18.2 Å². The first-order chi connectivity index (χ1) is 21.7. The lowest BCUT2D eigenvalue weighted by atomic mass is 9.90. The van der Waals surface area contributed by atoms with Crippen LogP contribution in [0.5, 0.6) is 5.75 Å². The molecular weight excluding hydrogens is 582 g/mol. The highest BCUT2D eigenvalue weighted by Crippen LogP contribution is 2.26. The molecule has 0 aliphatic heterocycles. The maximum Gasteiger partial charge on any atom is 0.339 e. The van der Waals surface area contributed by atoms with Gasteiger partial charge in [-0.05, 0) is 94.1 Å². The van der Waals surface area contributed by atoms with Crippen LogP contribution in [0.1, 0.15) is 109 Å². The number of hydrogen-bond donors (Lipinski definition) is 3. The van der Waals surface area contributed by atoms with Gasteiger partial charge in [-0.3, -0.25) is 9.59 Å². The van der Waals surface area contributed by atoms with Crippen LogP contribution in [0.3, 0.4) is 0 Å². The van der Waals surface area contributed by atoms with Gasteiger partial charge < -0.3 is 15.5 Å². The van der Waals surface area contributed by atoms with E-state index in [0.717, 1.165) is 57.1 Å². The SMILES string of the molecule is CC/C=C\C/C=C\C/C=C\C/C=C\C/C=C\CCCCS[C@H](CC)C(=O)CC(CC(C)C)C(=O)Nc1ccc(O)c(C(=O)O)c1. The number of carboxylic acid groups (broad SMARTS) is 1. The van der Waals surface area contributed by atoms with Crippen LogP contribution in [0.25, 0.3) is 0 Å². The van der Waals surface area contributed by atoms with Gasteiger partial charge in [0.15, 0.2) is 0 Å². The number of allylic oxidation sites excluding steroid dienone is 10. The summed E-state index contributed by atoms with van der Waals surface area (Å²) in [5, 5.41) is 21.6. The third-order valence-electron chi connectivity index (χ3n) is 7.04. The van der Waals surface area contributed by atoms with Crippen LogP contribution in [0.15, 0.2) is 79.0 Å². The Balaban J connectivity index is 2.37. The Morgan fingerprint density at radius 3 is 1.96 bits per heavy atom. The average Bonchev–Trinajstić information content (AvgIpc) is 3.00. The predicted molar refractivity (Wildman–Crippen MR) is 191 cm³/mol. The lowest BCUT2D eigenvalue weighted by Gasteiger charge is -2.21. The number of rotatable bonds is 24. The van der Waals surface area contributed by atoms with Crippen LogP contribution >= 0.6 is 11.8 Å². The molecule has 248 valence electrons. The molecule has 0 aliphatic carbocycles. The second-order valence-corrected chi connectivity index (χ2v) is 12.8. The number of hydrogen-bond acceptors (Lipinski definition) is 5. The Morgan fingerprint density at radius 2 is 1.42 bits per heavy atom. The number of carbonyl (C=O) groups excluding carboxylic acids is 2. The van der Waals surface area contributed by atoms with Crippen molar-refractivity contribution in [2.24, 2.45) is 11.8 Å². The molecule has 3 N–H and O–H groups in total. The molecule has 45 heavy (non-hydrogen) atoms. The largest absolute Gasteiger partial charge is 0.507 e. The lowest BCUT2D eigenvalue weighted by Crippen LogP contribution is -2.29. The van der Waals surface area contributed by atoms with E-state index in [4.69, 9.17) is 0 Å². The summed E-state index contributed by atoms with van der Waals surface area (Å²) in [5.41, 5.74) is -0.00147. The standard InChI is InChI=1S/C38H55NO5S/c1-5-7-8-9-10-11-12-13-14-15-16-17-18-19-20-21-22-23-26-45-36(6-2)35(41)28-31(27-30(3)4)37(42)39-32-24-25-34(40)33(29-32)38(43)44/h7-8,10-11,13-14,16-17,19-20,24-25,29-31,36,40H,5-6,9,12,15,18,21-23,26-28H2,1-4H3,(H,39,42)(H,43,44)/b8-7-,11-10-,14-13-,17-16-,20-19-/t31?,36-/m1/s1. The molecule has 1 amide bonds. The first-order valence-corrected chi connectivity index (χ1v) is 17.5. The fourth-order valence-corrected chi connectivity index (χ4v) is 5.83. The summed E-state index contributed by atoms with van der Waals surface area (Å²) >= 11 is 1.68. The van der Waals surface area contributed by atoms with Gasteiger partial charge in [-0.1, -0.05) is 88.5 Å². The van der Waals surface area contributed by atoms with Gasteiger partial charge in [0.2, 0.25) is 5.91 Å². The number of carbonyl (C=O) groups is 3.